The second-order valence-electron chi connectivity index (χ2n) is 7.20. The molecule has 2 aliphatic heterocycles. The van der Waals surface area contributed by atoms with Crippen LogP contribution >= 0.6 is 0 Å². The van der Waals surface area contributed by atoms with Crippen LogP contribution in [0.15, 0.2) is 22.6 Å². The molecule has 0 unspecified atom stereocenters. The van der Waals surface area contributed by atoms with Gasteiger partial charge in [-0.05, 0) is 38.0 Å². The molecule has 0 bridgehead atoms. The van der Waals surface area contributed by atoms with Crippen LogP contribution in [0.3, 0.4) is 0 Å². The van der Waals surface area contributed by atoms with Crippen molar-refractivity contribution in [1.29, 1.82) is 0 Å². The normalized spacial score (nSPS) is 18.9. The van der Waals surface area contributed by atoms with Crippen molar-refractivity contribution in [2.45, 2.75) is 19.8 Å². The zero-order valence-corrected chi connectivity index (χ0v) is 15.4. The molecule has 6 nitrogen and oxygen atoms in total. The molecule has 0 radical (unpaired) electrons. The Labute approximate surface area is 156 Å². The Morgan fingerprint density at radius 1 is 1.07 bits per heavy atom. The molecule has 2 saturated heterocycles. The van der Waals surface area contributed by atoms with Crippen molar-refractivity contribution >= 4 is 22.8 Å². The number of morpholine rings is 1. The predicted octanol–water partition coefficient (Wildman–Crippen LogP) is 2.59. The van der Waals surface area contributed by atoms with Gasteiger partial charge in [-0.1, -0.05) is 0 Å². The van der Waals surface area contributed by atoms with Crippen LogP contribution in [0.25, 0.3) is 11.0 Å². The Kier molecular flexibility index (Phi) is 4.86. The molecule has 0 saturated carbocycles. The van der Waals surface area contributed by atoms with Crippen molar-refractivity contribution in [2.75, 3.05) is 39.4 Å². The molecule has 27 heavy (non-hydrogen) atoms. The zero-order chi connectivity index (χ0) is 19.0. The average molecular weight is 374 g/mol. The lowest BCUT2D eigenvalue weighted by atomic mass is 9.94. The lowest BCUT2D eigenvalue weighted by molar-refractivity contribution is -0.141. The van der Waals surface area contributed by atoms with Crippen molar-refractivity contribution < 1.29 is 23.1 Å². The highest BCUT2D eigenvalue weighted by Crippen LogP contribution is 2.28. The number of ether oxygens (including phenoxy) is 1. The van der Waals surface area contributed by atoms with Gasteiger partial charge >= 0.3 is 0 Å². The van der Waals surface area contributed by atoms with Crippen LogP contribution in [0, 0.1) is 18.7 Å². The molecule has 0 N–H and O–H groups in total. The fourth-order valence-electron chi connectivity index (χ4n) is 3.91. The topological polar surface area (TPSA) is 63.0 Å². The van der Waals surface area contributed by atoms with Crippen LogP contribution in [-0.4, -0.2) is 61.0 Å². The molecule has 3 heterocycles. The molecule has 0 atom stereocenters. The van der Waals surface area contributed by atoms with E-state index in [-0.39, 0.29) is 29.3 Å². The fraction of sp³-hybridized carbons (Fsp3) is 0.500. The molecular formula is C20H23FN2O4. The van der Waals surface area contributed by atoms with Gasteiger partial charge in [-0.3, -0.25) is 9.59 Å². The molecule has 7 heteroatoms. The minimum Gasteiger partial charge on any atom is -0.451 e. The largest absolute Gasteiger partial charge is 0.451 e. The van der Waals surface area contributed by atoms with E-state index in [4.69, 9.17) is 9.15 Å². The quantitative estimate of drug-likeness (QED) is 0.811. The highest BCUT2D eigenvalue weighted by atomic mass is 19.1. The number of hydrogen-bond donors (Lipinski definition) is 0. The summed E-state index contributed by atoms with van der Waals surface area (Å²) in [5.41, 5.74) is 1.16. The molecule has 1 aromatic carbocycles. The summed E-state index contributed by atoms with van der Waals surface area (Å²) in [5.74, 6) is -0.165. The van der Waals surface area contributed by atoms with Gasteiger partial charge in [-0.2, -0.15) is 0 Å². The van der Waals surface area contributed by atoms with Gasteiger partial charge in [0.2, 0.25) is 5.91 Å². The van der Waals surface area contributed by atoms with E-state index >= 15 is 0 Å². The van der Waals surface area contributed by atoms with E-state index in [1.54, 1.807) is 17.9 Å². The third kappa shape index (κ3) is 3.43. The Balaban J connectivity index is 1.43. The molecule has 0 aliphatic carbocycles. The standard InChI is InChI=1S/C20H23FN2O4/c1-13-16-12-15(21)2-3-17(16)27-18(13)20(25)22-6-4-14(5-7-22)19(24)23-8-10-26-11-9-23/h2-3,12,14H,4-11H2,1H3. The summed E-state index contributed by atoms with van der Waals surface area (Å²) in [6.45, 7) is 5.28. The van der Waals surface area contributed by atoms with Crippen molar-refractivity contribution in [1.82, 2.24) is 9.80 Å². The molecular weight excluding hydrogens is 351 g/mol. The van der Waals surface area contributed by atoms with E-state index in [2.05, 4.69) is 0 Å². The summed E-state index contributed by atoms with van der Waals surface area (Å²) in [6.07, 6.45) is 1.30. The summed E-state index contributed by atoms with van der Waals surface area (Å²) >= 11 is 0. The smallest absolute Gasteiger partial charge is 0.289 e. The minimum absolute atomic E-state index is 0.0435. The number of amides is 2. The van der Waals surface area contributed by atoms with Crippen molar-refractivity contribution in [3.8, 4) is 0 Å². The van der Waals surface area contributed by atoms with Crippen molar-refractivity contribution in [3.05, 3.63) is 35.3 Å². The number of carbonyl (C=O) groups excluding carboxylic acids is 2. The van der Waals surface area contributed by atoms with Gasteiger partial charge in [0, 0.05) is 43.0 Å². The first kappa shape index (κ1) is 18.0. The van der Waals surface area contributed by atoms with Gasteiger partial charge in [-0.15, -0.1) is 0 Å². The molecule has 2 aliphatic rings. The summed E-state index contributed by atoms with van der Waals surface area (Å²) in [4.78, 5) is 29.1. The lowest BCUT2D eigenvalue weighted by Crippen LogP contribution is -2.47. The van der Waals surface area contributed by atoms with Gasteiger partial charge in [0.05, 0.1) is 13.2 Å². The number of aryl methyl sites for hydroxylation is 1. The number of fused-ring (bicyclic) bond motifs is 1. The average Bonchev–Trinajstić information content (AvgIpc) is 3.04. The maximum Gasteiger partial charge on any atom is 0.289 e. The Morgan fingerprint density at radius 3 is 2.48 bits per heavy atom. The van der Waals surface area contributed by atoms with E-state index in [9.17, 15) is 14.0 Å². The third-order valence-electron chi connectivity index (χ3n) is 5.55. The maximum atomic E-state index is 13.5. The molecule has 2 fully saturated rings. The number of piperidine rings is 1. The molecule has 4 rings (SSSR count). The van der Waals surface area contributed by atoms with Crippen LogP contribution in [0.4, 0.5) is 4.39 Å². The van der Waals surface area contributed by atoms with Crippen LogP contribution in [0.2, 0.25) is 0 Å². The number of halogens is 1. The highest BCUT2D eigenvalue weighted by Gasteiger charge is 2.32. The summed E-state index contributed by atoms with van der Waals surface area (Å²) in [5, 5.41) is 0.621. The van der Waals surface area contributed by atoms with E-state index in [1.165, 1.54) is 12.1 Å². The molecule has 0 spiro atoms. The number of benzene rings is 1. The number of furan rings is 1. The summed E-state index contributed by atoms with van der Waals surface area (Å²) in [6, 6.07) is 4.25. The summed E-state index contributed by atoms with van der Waals surface area (Å²) in [7, 11) is 0. The number of rotatable bonds is 2. The van der Waals surface area contributed by atoms with Crippen LogP contribution in [0.1, 0.15) is 29.0 Å². The second-order valence-corrected chi connectivity index (χ2v) is 7.20. The second kappa shape index (κ2) is 7.31. The SMILES string of the molecule is Cc1c(C(=O)N2CCC(C(=O)N3CCOCC3)CC2)oc2ccc(F)cc12. The maximum absolute atomic E-state index is 13.5. The number of nitrogens with zero attached hydrogens (tertiary/aromatic N) is 2. The third-order valence-corrected chi connectivity index (χ3v) is 5.55. The molecule has 2 amide bonds. The molecule has 2 aromatic rings. The Hall–Kier alpha value is -2.41. The summed E-state index contributed by atoms with van der Waals surface area (Å²) < 4.78 is 24.5. The van der Waals surface area contributed by atoms with Gasteiger partial charge in [-0.25, -0.2) is 4.39 Å². The first-order chi connectivity index (χ1) is 13.0. The van der Waals surface area contributed by atoms with E-state index in [0.29, 0.717) is 68.8 Å². The van der Waals surface area contributed by atoms with Crippen LogP contribution in [0.5, 0.6) is 0 Å². The van der Waals surface area contributed by atoms with E-state index in [1.807, 2.05) is 4.90 Å². The Bertz CT molecular complexity index is 864. The highest BCUT2D eigenvalue weighted by molar-refractivity contribution is 5.99. The van der Waals surface area contributed by atoms with Crippen molar-refractivity contribution in [3.63, 3.8) is 0 Å². The first-order valence-electron chi connectivity index (χ1n) is 9.39. The monoisotopic (exact) mass is 374 g/mol. The lowest BCUT2D eigenvalue weighted by Gasteiger charge is -2.35. The number of hydrogen-bond acceptors (Lipinski definition) is 4. The van der Waals surface area contributed by atoms with Crippen LogP contribution < -0.4 is 0 Å². The van der Waals surface area contributed by atoms with Gasteiger partial charge in [0.1, 0.15) is 11.4 Å². The van der Waals surface area contributed by atoms with Crippen LogP contribution in [-0.2, 0) is 9.53 Å². The molecule has 1 aromatic heterocycles. The number of likely N-dealkylation sites (tertiary alicyclic amines) is 1. The predicted molar refractivity (Wildman–Crippen MR) is 96.9 cm³/mol. The number of carbonyl (C=O) groups is 2. The van der Waals surface area contributed by atoms with Crippen molar-refractivity contribution in [2.24, 2.45) is 5.92 Å². The van der Waals surface area contributed by atoms with E-state index in [0.717, 1.165) is 0 Å². The van der Waals surface area contributed by atoms with E-state index < -0.39 is 0 Å². The van der Waals surface area contributed by atoms with Gasteiger partial charge in [0.15, 0.2) is 5.76 Å². The Morgan fingerprint density at radius 2 is 1.78 bits per heavy atom. The van der Waals surface area contributed by atoms with Gasteiger partial charge < -0.3 is 19.0 Å². The van der Waals surface area contributed by atoms with Gasteiger partial charge in [0.25, 0.3) is 5.91 Å². The molecule has 144 valence electrons. The fourth-order valence-corrected chi connectivity index (χ4v) is 3.91. The zero-order valence-electron chi connectivity index (χ0n) is 15.4. The minimum atomic E-state index is -0.354. The first-order valence-corrected chi connectivity index (χ1v) is 9.39.